The highest BCUT2D eigenvalue weighted by Crippen LogP contribution is 2.15. The van der Waals surface area contributed by atoms with Crippen LogP contribution in [0.5, 0.6) is 5.75 Å². The Morgan fingerprint density at radius 2 is 1.77 bits per heavy atom. The number of nitrogens with zero attached hydrogens (tertiary/aromatic N) is 1. The number of hydrogen-bond acceptors (Lipinski definition) is 4. The van der Waals surface area contributed by atoms with Gasteiger partial charge in [-0.3, -0.25) is 0 Å². The maximum Gasteiger partial charge on any atom is 0.191 e. The molecule has 2 aromatic carbocycles. The Hall–Kier alpha value is -1.81. The quantitative estimate of drug-likeness (QED) is 0.206. The molecule has 0 aliphatic carbocycles. The van der Waals surface area contributed by atoms with Crippen LogP contribution in [0.3, 0.4) is 0 Å². The van der Waals surface area contributed by atoms with Gasteiger partial charge < -0.3 is 15.4 Å². The molecule has 2 N–H and O–H groups in total. The number of hydrogen-bond donors (Lipinski definition) is 2. The van der Waals surface area contributed by atoms with Gasteiger partial charge in [0.1, 0.15) is 12.4 Å². The summed E-state index contributed by atoms with van der Waals surface area (Å²) in [6, 6.07) is 17.2. The van der Waals surface area contributed by atoms with Crippen molar-refractivity contribution in [3.05, 3.63) is 60.2 Å². The normalized spacial score (nSPS) is 12.6. The fourth-order valence-electron chi connectivity index (χ4n) is 2.76. The van der Waals surface area contributed by atoms with Gasteiger partial charge in [-0.25, -0.2) is 13.4 Å². The van der Waals surface area contributed by atoms with Crippen molar-refractivity contribution in [2.75, 3.05) is 26.0 Å². The molecular weight excluding hydrogens is 513 g/mol. The van der Waals surface area contributed by atoms with E-state index in [-0.39, 0.29) is 34.9 Å². The maximum atomic E-state index is 11.5. The first kappa shape index (κ1) is 26.2. The summed E-state index contributed by atoms with van der Waals surface area (Å²) in [4.78, 5) is 4.84. The zero-order valence-electron chi connectivity index (χ0n) is 17.8. The first-order valence-corrected chi connectivity index (χ1v) is 11.8. The summed E-state index contributed by atoms with van der Waals surface area (Å²) in [5, 5.41) is 6.68. The summed E-state index contributed by atoms with van der Waals surface area (Å²) in [5.74, 6) is 1.39. The molecule has 0 saturated carbocycles. The van der Waals surface area contributed by atoms with Crippen molar-refractivity contribution in [1.82, 2.24) is 10.6 Å². The van der Waals surface area contributed by atoms with E-state index in [1.807, 2.05) is 13.0 Å². The molecule has 8 heteroatoms. The van der Waals surface area contributed by atoms with Gasteiger partial charge >= 0.3 is 0 Å². The predicted octanol–water partition coefficient (Wildman–Crippen LogP) is 3.66. The van der Waals surface area contributed by atoms with Crippen LogP contribution in [0.1, 0.15) is 25.8 Å². The predicted molar refractivity (Wildman–Crippen MR) is 134 cm³/mol. The lowest BCUT2D eigenvalue weighted by atomic mass is 10.1. The monoisotopic (exact) mass is 545 g/mol. The Labute approximate surface area is 197 Å². The summed E-state index contributed by atoms with van der Waals surface area (Å²) >= 11 is 0. The molecule has 30 heavy (non-hydrogen) atoms. The summed E-state index contributed by atoms with van der Waals surface area (Å²) in [7, 11) is -3.19. The van der Waals surface area contributed by atoms with Crippen LogP contribution in [-0.2, 0) is 16.3 Å². The molecule has 0 bridgehead atoms. The highest BCUT2D eigenvalue weighted by atomic mass is 127. The molecule has 0 aromatic heterocycles. The molecule has 1 unspecified atom stereocenters. The molecule has 0 radical (unpaired) electrons. The van der Waals surface area contributed by atoms with Crippen LogP contribution < -0.4 is 15.4 Å². The number of ether oxygens (including phenoxy) is 1. The van der Waals surface area contributed by atoms with Crippen molar-refractivity contribution in [2.24, 2.45) is 4.99 Å². The van der Waals surface area contributed by atoms with Gasteiger partial charge in [0.25, 0.3) is 0 Å². The first-order chi connectivity index (χ1) is 13.9. The second kappa shape index (κ2) is 13.5. The minimum atomic E-state index is -3.19. The van der Waals surface area contributed by atoms with E-state index in [2.05, 4.69) is 46.8 Å². The molecule has 0 amide bonds. The van der Waals surface area contributed by atoms with E-state index in [9.17, 15) is 8.42 Å². The van der Waals surface area contributed by atoms with Crippen molar-refractivity contribution in [3.8, 4) is 5.75 Å². The summed E-state index contributed by atoms with van der Waals surface area (Å²) in [6.45, 7) is 5.87. The van der Waals surface area contributed by atoms with Crippen molar-refractivity contribution < 1.29 is 13.2 Å². The maximum absolute atomic E-state index is 11.5. The Kier molecular flexibility index (Phi) is 11.8. The minimum Gasteiger partial charge on any atom is -0.492 e. The third-order valence-electron chi connectivity index (χ3n) is 4.32. The van der Waals surface area contributed by atoms with Gasteiger partial charge in [0, 0.05) is 18.8 Å². The van der Waals surface area contributed by atoms with E-state index in [0.717, 1.165) is 25.3 Å². The van der Waals surface area contributed by atoms with E-state index < -0.39 is 9.84 Å². The van der Waals surface area contributed by atoms with Crippen molar-refractivity contribution >= 4 is 39.8 Å². The number of benzene rings is 2. The van der Waals surface area contributed by atoms with Crippen LogP contribution in [0.25, 0.3) is 0 Å². The van der Waals surface area contributed by atoms with E-state index in [4.69, 9.17) is 4.74 Å². The van der Waals surface area contributed by atoms with Gasteiger partial charge in [-0.1, -0.05) is 30.3 Å². The molecule has 6 nitrogen and oxygen atoms in total. The van der Waals surface area contributed by atoms with Gasteiger partial charge in [-0.15, -0.1) is 24.0 Å². The summed E-state index contributed by atoms with van der Waals surface area (Å²) in [6.07, 6.45) is 3.21. The zero-order chi connectivity index (χ0) is 21.1. The van der Waals surface area contributed by atoms with Crippen LogP contribution in [-0.4, -0.2) is 46.4 Å². The standard InChI is InChI=1S/C22H31N3O3S.HI/c1-4-23-22(25-18(2)10-11-19-8-6-5-7-9-19)24-16-17-28-20-12-14-21(15-13-20)29(3,26)27;/h5-9,12-15,18H,4,10-11,16-17H2,1-3H3,(H2,23,24,25);1H. The molecular formula is C22H32IN3O3S. The molecule has 2 aromatic rings. The average molecular weight is 545 g/mol. The molecule has 166 valence electrons. The fourth-order valence-corrected chi connectivity index (χ4v) is 3.39. The third kappa shape index (κ3) is 9.80. The van der Waals surface area contributed by atoms with Crippen molar-refractivity contribution in [1.29, 1.82) is 0 Å². The van der Waals surface area contributed by atoms with Crippen LogP contribution in [0.2, 0.25) is 0 Å². The summed E-state index contributed by atoms with van der Waals surface area (Å²) in [5.41, 5.74) is 1.33. The lowest BCUT2D eigenvalue weighted by molar-refractivity contribution is 0.328. The smallest absolute Gasteiger partial charge is 0.191 e. The number of aliphatic imine (C=N–C) groups is 1. The molecule has 0 aliphatic rings. The van der Waals surface area contributed by atoms with E-state index in [1.54, 1.807) is 24.3 Å². The van der Waals surface area contributed by atoms with Crippen LogP contribution >= 0.6 is 24.0 Å². The van der Waals surface area contributed by atoms with E-state index in [0.29, 0.717) is 18.9 Å². The first-order valence-electron chi connectivity index (χ1n) is 9.90. The lowest BCUT2D eigenvalue weighted by Gasteiger charge is -2.18. The lowest BCUT2D eigenvalue weighted by Crippen LogP contribution is -2.42. The molecule has 0 aliphatic heterocycles. The average Bonchev–Trinajstić information content (AvgIpc) is 2.70. The third-order valence-corrected chi connectivity index (χ3v) is 5.45. The molecule has 0 spiro atoms. The molecule has 1 atom stereocenters. The fraction of sp³-hybridized carbons (Fsp3) is 0.409. The van der Waals surface area contributed by atoms with Crippen molar-refractivity contribution in [2.45, 2.75) is 37.6 Å². The zero-order valence-corrected chi connectivity index (χ0v) is 20.9. The molecule has 0 fully saturated rings. The Bertz CT molecular complexity index is 872. The van der Waals surface area contributed by atoms with Crippen LogP contribution in [0.15, 0.2) is 64.5 Å². The van der Waals surface area contributed by atoms with Gasteiger partial charge in [0.2, 0.25) is 0 Å². The molecule has 0 heterocycles. The van der Waals surface area contributed by atoms with Gasteiger partial charge in [0.15, 0.2) is 15.8 Å². The number of aryl methyl sites for hydroxylation is 1. The Morgan fingerprint density at radius 3 is 2.37 bits per heavy atom. The van der Waals surface area contributed by atoms with Gasteiger partial charge in [0.05, 0.1) is 11.4 Å². The Morgan fingerprint density at radius 1 is 1.10 bits per heavy atom. The molecule has 2 rings (SSSR count). The van der Waals surface area contributed by atoms with Crippen molar-refractivity contribution in [3.63, 3.8) is 0 Å². The van der Waals surface area contributed by atoms with Gasteiger partial charge in [-0.2, -0.15) is 0 Å². The largest absolute Gasteiger partial charge is 0.492 e. The number of sulfone groups is 1. The topological polar surface area (TPSA) is 79.8 Å². The number of rotatable bonds is 10. The number of halogens is 1. The number of nitrogens with one attached hydrogen (secondary N) is 2. The van der Waals surface area contributed by atoms with Crippen LogP contribution in [0, 0.1) is 0 Å². The van der Waals surface area contributed by atoms with E-state index in [1.165, 1.54) is 11.8 Å². The second-order valence-electron chi connectivity index (χ2n) is 6.92. The number of guanidine groups is 1. The summed E-state index contributed by atoms with van der Waals surface area (Å²) < 4.78 is 28.6. The van der Waals surface area contributed by atoms with Crippen LogP contribution in [0.4, 0.5) is 0 Å². The van der Waals surface area contributed by atoms with E-state index >= 15 is 0 Å². The van der Waals surface area contributed by atoms with Gasteiger partial charge in [-0.05, 0) is 56.5 Å². The Balaban J connectivity index is 0.00000450. The second-order valence-corrected chi connectivity index (χ2v) is 8.94. The highest BCUT2D eigenvalue weighted by molar-refractivity contribution is 14.0. The minimum absolute atomic E-state index is 0. The highest BCUT2D eigenvalue weighted by Gasteiger charge is 2.07. The molecule has 0 saturated heterocycles. The SMILES string of the molecule is CCNC(=NCCOc1ccc(S(C)(=O)=O)cc1)NC(C)CCc1ccccc1.I.